The Labute approximate surface area is 93.0 Å². The number of rotatable bonds is 2. The summed E-state index contributed by atoms with van der Waals surface area (Å²) in [5.41, 5.74) is 5.65. The monoisotopic (exact) mass is 377 g/mol. The van der Waals surface area contributed by atoms with Crippen LogP contribution in [0.4, 0.5) is 0 Å². The molecule has 5 heteroatoms. The first-order valence-electron chi connectivity index (χ1n) is 3.23. The Balaban J connectivity index is 2.79. The molecule has 1 aromatic heterocycles. The second-order valence-corrected chi connectivity index (χ2v) is 4.50. The van der Waals surface area contributed by atoms with E-state index in [2.05, 4.69) is 54.7 Å². The molecule has 1 unspecified atom stereocenters. The van der Waals surface area contributed by atoms with E-state index < -0.39 is 0 Å². The molecule has 0 aliphatic carbocycles. The van der Waals surface area contributed by atoms with Crippen LogP contribution in [0, 0.1) is 7.40 Å². The number of halogens is 2. The molecule has 1 aromatic rings. The molecule has 0 amide bonds. The number of hydrogen-bond donors (Lipinski definition) is 1. The van der Waals surface area contributed by atoms with Crippen LogP contribution >= 0.6 is 45.2 Å². The van der Waals surface area contributed by atoms with E-state index in [1.807, 2.05) is 13.3 Å². The molecule has 0 fully saturated rings. The van der Waals surface area contributed by atoms with E-state index in [4.69, 9.17) is 5.73 Å². The van der Waals surface area contributed by atoms with Crippen LogP contribution in [0.3, 0.4) is 0 Å². The Kier molecular flexibility index (Phi) is 3.56. The van der Waals surface area contributed by atoms with Crippen LogP contribution in [0.1, 0.15) is 6.92 Å². The number of imidazole rings is 1. The Morgan fingerprint density at radius 3 is 2.73 bits per heavy atom. The molecule has 3 nitrogen and oxygen atoms in total. The largest absolute Gasteiger partial charge is 0.326 e. The molecule has 62 valence electrons. The number of hydrogen-bond acceptors (Lipinski definition) is 2. The fourth-order valence-electron chi connectivity index (χ4n) is 0.780. The first-order valence-corrected chi connectivity index (χ1v) is 5.38. The Bertz CT molecular complexity index is 244. The topological polar surface area (TPSA) is 43.8 Å². The molecule has 2 N–H and O–H groups in total. The van der Waals surface area contributed by atoms with Crippen molar-refractivity contribution in [2.24, 2.45) is 5.73 Å². The fourth-order valence-corrected chi connectivity index (χ4v) is 1.68. The van der Waals surface area contributed by atoms with Crippen LogP contribution in [0.15, 0.2) is 6.33 Å². The first kappa shape index (κ1) is 9.72. The van der Waals surface area contributed by atoms with Gasteiger partial charge in [0.1, 0.15) is 7.40 Å². The van der Waals surface area contributed by atoms with Crippen LogP contribution in [-0.2, 0) is 6.54 Å². The summed E-state index contributed by atoms with van der Waals surface area (Å²) in [5, 5.41) is 0. The van der Waals surface area contributed by atoms with Crippen molar-refractivity contribution in [2.45, 2.75) is 19.5 Å². The van der Waals surface area contributed by atoms with Gasteiger partial charge >= 0.3 is 0 Å². The van der Waals surface area contributed by atoms with E-state index in [1.165, 1.54) is 3.70 Å². The average Bonchev–Trinajstić information content (AvgIpc) is 2.18. The van der Waals surface area contributed by atoms with Crippen molar-refractivity contribution in [1.82, 2.24) is 9.55 Å². The predicted molar refractivity (Wildman–Crippen MR) is 61.3 cm³/mol. The Morgan fingerprint density at radius 1 is 1.73 bits per heavy atom. The van der Waals surface area contributed by atoms with Crippen molar-refractivity contribution in [3.63, 3.8) is 0 Å². The number of nitrogens with zero attached hydrogens (tertiary/aromatic N) is 2. The van der Waals surface area contributed by atoms with Crippen LogP contribution in [0.2, 0.25) is 0 Å². The molecule has 0 bridgehead atoms. The van der Waals surface area contributed by atoms with E-state index in [-0.39, 0.29) is 6.04 Å². The highest BCUT2D eigenvalue weighted by atomic mass is 127. The Morgan fingerprint density at radius 2 is 2.36 bits per heavy atom. The summed E-state index contributed by atoms with van der Waals surface area (Å²) in [4.78, 5) is 4.16. The minimum Gasteiger partial charge on any atom is -0.326 e. The van der Waals surface area contributed by atoms with Crippen LogP contribution in [-0.4, -0.2) is 15.6 Å². The van der Waals surface area contributed by atoms with Gasteiger partial charge in [0.25, 0.3) is 0 Å². The average molecular weight is 377 g/mol. The maximum atomic E-state index is 5.65. The second-order valence-electron chi connectivity index (χ2n) is 2.46. The molecule has 0 radical (unpaired) electrons. The van der Waals surface area contributed by atoms with E-state index in [0.717, 1.165) is 10.2 Å². The van der Waals surface area contributed by atoms with Crippen molar-refractivity contribution in [3.8, 4) is 0 Å². The molecule has 1 heterocycles. The van der Waals surface area contributed by atoms with Crippen molar-refractivity contribution < 1.29 is 0 Å². The standard InChI is InChI=1S/C6H9I2N3/c1-4(9)2-11-3-10-5(7)6(11)8/h3-4H,2,9H2,1H3. The zero-order valence-electron chi connectivity index (χ0n) is 6.09. The van der Waals surface area contributed by atoms with Crippen molar-refractivity contribution >= 4 is 45.2 Å². The second kappa shape index (κ2) is 4.04. The Hall–Kier alpha value is 0.630. The van der Waals surface area contributed by atoms with Crippen molar-refractivity contribution in [1.29, 1.82) is 0 Å². The van der Waals surface area contributed by atoms with E-state index in [0.29, 0.717) is 0 Å². The maximum Gasteiger partial charge on any atom is 0.132 e. The van der Waals surface area contributed by atoms with Gasteiger partial charge in [-0.1, -0.05) is 0 Å². The maximum absolute atomic E-state index is 5.65. The van der Waals surface area contributed by atoms with Gasteiger partial charge in [-0.05, 0) is 52.1 Å². The van der Waals surface area contributed by atoms with Crippen molar-refractivity contribution in [3.05, 3.63) is 13.7 Å². The number of nitrogens with two attached hydrogens (primary N) is 1. The molecule has 0 saturated carbocycles. The molecule has 11 heavy (non-hydrogen) atoms. The number of aromatic nitrogens is 2. The summed E-state index contributed by atoms with van der Waals surface area (Å²) in [6, 6.07) is 0.188. The van der Waals surface area contributed by atoms with Crippen molar-refractivity contribution in [2.75, 3.05) is 0 Å². The summed E-state index contributed by atoms with van der Waals surface area (Å²) in [6.07, 6.45) is 1.83. The minimum absolute atomic E-state index is 0.188. The van der Waals surface area contributed by atoms with Gasteiger partial charge in [0.2, 0.25) is 0 Å². The molecule has 0 spiro atoms. The highest BCUT2D eigenvalue weighted by Crippen LogP contribution is 2.12. The highest BCUT2D eigenvalue weighted by Gasteiger charge is 2.05. The zero-order valence-corrected chi connectivity index (χ0v) is 10.4. The molecule has 0 aromatic carbocycles. The third kappa shape index (κ3) is 2.55. The summed E-state index contributed by atoms with van der Waals surface area (Å²) >= 11 is 4.48. The molecule has 1 rings (SSSR count). The highest BCUT2D eigenvalue weighted by molar-refractivity contribution is 14.1. The van der Waals surface area contributed by atoms with Crippen LogP contribution in [0.5, 0.6) is 0 Å². The zero-order chi connectivity index (χ0) is 8.43. The van der Waals surface area contributed by atoms with Gasteiger partial charge in [0.05, 0.1) is 6.33 Å². The normalized spacial score (nSPS) is 13.5. The third-order valence-electron chi connectivity index (χ3n) is 1.22. The van der Waals surface area contributed by atoms with E-state index in [9.17, 15) is 0 Å². The third-order valence-corrected chi connectivity index (χ3v) is 4.17. The van der Waals surface area contributed by atoms with Gasteiger partial charge in [0.15, 0.2) is 0 Å². The fraction of sp³-hybridized carbons (Fsp3) is 0.500. The summed E-state index contributed by atoms with van der Waals surface area (Å²) in [5.74, 6) is 0. The molecular formula is C6H9I2N3. The summed E-state index contributed by atoms with van der Waals surface area (Å²) < 4.78 is 4.27. The van der Waals surface area contributed by atoms with Crippen LogP contribution < -0.4 is 5.73 Å². The molecule has 0 aliphatic heterocycles. The van der Waals surface area contributed by atoms with Gasteiger partial charge in [0, 0.05) is 12.6 Å². The molecule has 0 saturated heterocycles. The van der Waals surface area contributed by atoms with Crippen LogP contribution in [0.25, 0.3) is 0 Å². The lowest BCUT2D eigenvalue weighted by atomic mass is 10.4. The van der Waals surface area contributed by atoms with Gasteiger partial charge in [-0.2, -0.15) is 0 Å². The lowest BCUT2D eigenvalue weighted by Crippen LogP contribution is -2.22. The van der Waals surface area contributed by atoms with Gasteiger partial charge in [-0.15, -0.1) is 0 Å². The minimum atomic E-state index is 0.188. The summed E-state index contributed by atoms with van der Waals surface area (Å²) in [6.45, 7) is 2.83. The van der Waals surface area contributed by atoms with Gasteiger partial charge < -0.3 is 10.3 Å². The van der Waals surface area contributed by atoms with Gasteiger partial charge in [-0.3, -0.25) is 0 Å². The summed E-state index contributed by atoms with van der Waals surface area (Å²) in [7, 11) is 0. The van der Waals surface area contributed by atoms with E-state index in [1.54, 1.807) is 0 Å². The lowest BCUT2D eigenvalue weighted by molar-refractivity contribution is 0.580. The van der Waals surface area contributed by atoms with E-state index >= 15 is 0 Å². The molecule has 1 atom stereocenters. The SMILES string of the molecule is CC(N)Cn1cnc(I)c1I. The predicted octanol–water partition coefficient (Wildman–Crippen LogP) is 1.44. The molecular weight excluding hydrogens is 368 g/mol. The quantitative estimate of drug-likeness (QED) is 0.794. The smallest absolute Gasteiger partial charge is 0.132 e. The van der Waals surface area contributed by atoms with Gasteiger partial charge in [-0.25, -0.2) is 4.98 Å². The molecule has 0 aliphatic rings. The first-order chi connectivity index (χ1) is 5.11. The lowest BCUT2D eigenvalue weighted by Gasteiger charge is -2.06.